The summed E-state index contributed by atoms with van der Waals surface area (Å²) in [7, 11) is -1.62. The summed E-state index contributed by atoms with van der Waals surface area (Å²) in [6, 6.07) is 15.5. The zero-order valence-corrected chi connectivity index (χ0v) is 19.5. The number of aromatic nitrogens is 1. The normalized spacial score (nSPS) is 11.7. The van der Waals surface area contributed by atoms with Crippen LogP contribution in [0.3, 0.4) is 0 Å². The molecule has 0 saturated carbocycles. The first-order chi connectivity index (χ1) is 13.5. The van der Waals surface area contributed by atoms with E-state index in [1.165, 1.54) is 10.9 Å². The number of fused-ring (bicyclic) bond motifs is 1. The molecule has 4 N–H and O–H groups in total. The van der Waals surface area contributed by atoms with Crippen molar-refractivity contribution in [2.75, 3.05) is 24.6 Å². The average Bonchev–Trinajstić information content (AvgIpc) is 3.07. The second kappa shape index (κ2) is 10.5. The number of rotatable bonds is 7. The smallest absolute Gasteiger partial charge is 0.229 e. The Kier molecular flexibility index (Phi) is 8.32. The van der Waals surface area contributed by atoms with Crippen molar-refractivity contribution in [1.29, 1.82) is 0 Å². The quantitative estimate of drug-likeness (QED) is 0.216. The number of guanidine groups is 1. The Morgan fingerprint density at radius 1 is 1.03 bits per heavy atom. The van der Waals surface area contributed by atoms with Crippen molar-refractivity contribution in [2.24, 2.45) is 4.99 Å². The van der Waals surface area contributed by atoms with Crippen LogP contribution in [-0.2, 0) is 23.0 Å². The lowest BCUT2D eigenvalue weighted by molar-refractivity contribution is 0.606. The van der Waals surface area contributed by atoms with E-state index in [1.807, 2.05) is 30.5 Å². The van der Waals surface area contributed by atoms with Crippen molar-refractivity contribution in [2.45, 2.75) is 13.0 Å². The molecular weight excluding hydrogens is 501 g/mol. The van der Waals surface area contributed by atoms with E-state index in [1.54, 1.807) is 19.2 Å². The Hall–Kier alpha value is -2.27. The van der Waals surface area contributed by atoms with Crippen LogP contribution in [0, 0.1) is 0 Å². The highest BCUT2D eigenvalue weighted by Gasteiger charge is 2.08. The van der Waals surface area contributed by atoms with E-state index >= 15 is 0 Å². The second-order valence-corrected chi connectivity index (χ2v) is 8.24. The maximum atomic E-state index is 11.5. The monoisotopic (exact) mass is 527 g/mol. The molecule has 1 aromatic heterocycles. The first kappa shape index (κ1) is 23.0. The second-order valence-electron chi connectivity index (χ2n) is 6.49. The molecule has 7 nitrogen and oxygen atoms in total. The number of sulfonamides is 1. The third kappa shape index (κ3) is 6.64. The number of aliphatic imine (C=N–C) groups is 1. The summed E-state index contributed by atoms with van der Waals surface area (Å²) in [5.41, 5.74) is 3.79. The van der Waals surface area contributed by atoms with Crippen LogP contribution in [0.4, 0.5) is 5.69 Å². The molecule has 3 rings (SSSR count). The minimum atomic E-state index is -3.33. The Morgan fingerprint density at radius 3 is 2.52 bits per heavy atom. The number of aromatic amines is 1. The molecule has 0 aliphatic rings. The van der Waals surface area contributed by atoms with Gasteiger partial charge in [0.25, 0.3) is 0 Å². The number of H-pyrrole nitrogens is 1. The first-order valence-corrected chi connectivity index (χ1v) is 10.9. The summed E-state index contributed by atoms with van der Waals surface area (Å²) in [5.74, 6) is 0.661. The minimum Gasteiger partial charge on any atom is -0.361 e. The number of halogens is 1. The predicted molar refractivity (Wildman–Crippen MR) is 131 cm³/mol. The van der Waals surface area contributed by atoms with E-state index in [9.17, 15) is 8.42 Å². The lowest BCUT2D eigenvalue weighted by Crippen LogP contribution is -2.38. The molecule has 0 fully saturated rings. The fraction of sp³-hybridized carbons (Fsp3) is 0.250. The molecule has 0 amide bonds. The van der Waals surface area contributed by atoms with Crippen molar-refractivity contribution in [3.05, 3.63) is 65.9 Å². The summed E-state index contributed by atoms with van der Waals surface area (Å²) in [5, 5.41) is 7.75. The Morgan fingerprint density at radius 2 is 1.76 bits per heavy atom. The summed E-state index contributed by atoms with van der Waals surface area (Å²) in [4.78, 5) is 7.52. The molecule has 9 heteroatoms. The number of hydrogen-bond donors (Lipinski definition) is 4. The van der Waals surface area contributed by atoms with E-state index in [0.29, 0.717) is 18.2 Å². The Labute approximate surface area is 188 Å². The van der Waals surface area contributed by atoms with E-state index < -0.39 is 10.0 Å². The topological polar surface area (TPSA) is 98.4 Å². The van der Waals surface area contributed by atoms with Crippen molar-refractivity contribution in [3.8, 4) is 0 Å². The molecule has 0 saturated heterocycles. The number of benzene rings is 2. The number of hydrogen-bond acceptors (Lipinski definition) is 3. The third-order valence-electron chi connectivity index (χ3n) is 4.34. The first-order valence-electron chi connectivity index (χ1n) is 9.01. The molecule has 2 aromatic carbocycles. The van der Waals surface area contributed by atoms with E-state index in [2.05, 4.69) is 37.5 Å². The molecule has 0 bridgehead atoms. The van der Waals surface area contributed by atoms with Crippen molar-refractivity contribution < 1.29 is 8.42 Å². The lowest BCUT2D eigenvalue weighted by atomic mass is 10.1. The molecule has 0 unspecified atom stereocenters. The number of nitrogens with zero attached hydrogens (tertiary/aromatic N) is 1. The maximum Gasteiger partial charge on any atom is 0.229 e. The predicted octanol–water partition coefficient (Wildman–Crippen LogP) is 3.07. The fourth-order valence-corrected chi connectivity index (χ4v) is 3.63. The van der Waals surface area contributed by atoms with E-state index in [4.69, 9.17) is 0 Å². The number of nitrogens with one attached hydrogen (secondary N) is 4. The van der Waals surface area contributed by atoms with Crippen LogP contribution in [-0.4, -0.2) is 39.2 Å². The van der Waals surface area contributed by atoms with Gasteiger partial charge in [-0.05, 0) is 29.7 Å². The molecule has 0 radical (unpaired) electrons. The van der Waals surface area contributed by atoms with Crippen molar-refractivity contribution in [1.82, 2.24) is 15.6 Å². The lowest BCUT2D eigenvalue weighted by Gasteiger charge is -2.14. The van der Waals surface area contributed by atoms with Crippen molar-refractivity contribution >= 4 is 56.5 Å². The van der Waals surface area contributed by atoms with Gasteiger partial charge in [0.2, 0.25) is 10.0 Å². The summed E-state index contributed by atoms with van der Waals surface area (Å²) in [6.45, 7) is 1.18. The molecule has 0 atom stereocenters. The average molecular weight is 527 g/mol. The van der Waals surface area contributed by atoms with Gasteiger partial charge in [0, 0.05) is 37.2 Å². The maximum absolute atomic E-state index is 11.5. The number of anilines is 1. The van der Waals surface area contributed by atoms with Gasteiger partial charge in [-0.15, -0.1) is 24.0 Å². The van der Waals surface area contributed by atoms with Crippen LogP contribution >= 0.6 is 24.0 Å². The fourth-order valence-electron chi connectivity index (χ4n) is 3.03. The van der Waals surface area contributed by atoms with Gasteiger partial charge in [-0.25, -0.2) is 8.42 Å². The number of para-hydroxylation sites is 2. The van der Waals surface area contributed by atoms with E-state index in [0.717, 1.165) is 30.3 Å². The van der Waals surface area contributed by atoms with Crippen molar-refractivity contribution in [3.63, 3.8) is 0 Å². The molecule has 3 aromatic rings. The summed E-state index contributed by atoms with van der Waals surface area (Å²) >= 11 is 0. The Balaban J connectivity index is 0.00000300. The highest BCUT2D eigenvalue weighted by molar-refractivity contribution is 14.0. The van der Waals surface area contributed by atoms with E-state index in [-0.39, 0.29) is 24.0 Å². The summed E-state index contributed by atoms with van der Waals surface area (Å²) < 4.78 is 25.6. The third-order valence-corrected chi connectivity index (χ3v) is 4.94. The van der Waals surface area contributed by atoms with Crippen LogP contribution in [0.5, 0.6) is 0 Å². The molecule has 0 spiro atoms. The van der Waals surface area contributed by atoms with Crippen LogP contribution in [0.15, 0.2) is 59.7 Å². The largest absolute Gasteiger partial charge is 0.361 e. The van der Waals surface area contributed by atoms with Crippen LogP contribution < -0.4 is 15.4 Å². The standard InChI is InChI=1S/C20H25N5O2S.HI/c1-21-20(22-12-11-15-13-23-19-10-6-4-8-17(15)19)24-14-16-7-3-5-9-18(16)25-28(2,26)27;/h3-10,13,23,25H,11-12,14H2,1-2H3,(H2,21,22,24);1H. The molecule has 0 aliphatic carbocycles. The molecule has 156 valence electrons. The van der Waals surface area contributed by atoms with Gasteiger partial charge >= 0.3 is 0 Å². The summed E-state index contributed by atoms with van der Waals surface area (Å²) in [6.07, 6.45) is 4.04. The van der Waals surface area contributed by atoms with Gasteiger partial charge in [0.05, 0.1) is 11.9 Å². The van der Waals surface area contributed by atoms with Crippen LogP contribution in [0.1, 0.15) is 11.1 Å². The Bertz CT molecular complexity index is 1080. The molecule has 0 aliphatic heterocycles. The van der Waals surface area contributed by atoms with Crippen LogP contribution in [0.2, 0.25) is 0 Å². The molecular formula is C20H26IN5O2S. The molecule has 29 heavy (non-hydrogen) atoms. The highest BCUT2D eigenvalue weighted by Crippen LogP contribution is 2.18. The van der Waals surface area contributed by atoms with Gasteiger partial charge in [0.15, 0.2) is 5.96 Å². The minimum absolute atomic E-state index is 0. The van der Waals surface area contributed by atoms with Gasteiger partial charge < -0.3 is 15.6 Å². The van der Waals surface area contributed by atoms with Gasteiger partial charge in [-0.2, -0.15) is 0 Å². The van der Waals surface area contributed by atoms with Crippen LogP contribution in [0.25, 0.3) is 10.9 Å². The zero-order valence-electron chi connectivity index (χ0n) is 16.4. The van der Waals surface area contributed by atoms with Gasteiger partial charge in [-0.1, -0.05) is 36.4 Å². The highest BCUT2D eigenvalue weighted by atomic mass is 127. The van der Waals surface area contributed by atoms with Gasteiger partial charge in [0.1, 0.15) is 0 Å². The molecule has 1 heterocycles. The zero-order chi connectivity index (χ0) is 20.0. The SMILES string of the molecule is CN=C(NCCc1c[nH]c2ccccc12)NCc1ccccc1NS(C)(=O)=O.I. The van der Waals surface area contributed by atoms with Gasteiger partial charge in [-0.3, -0.25) is 9.71 Å².